The van der Waals surface area contributed by atoms with Crippen molar-refractivity contribution in [3.05, 3.63) is 96.1 Å². The maximum atomic E-state index is 14.1. The van der Waals surface area contributed by atoms with Gasteiger partial charge in [0.2, 0.25) is 21.8 Å². The molecule has 0 bridgehead atoms. The van der Waals surface area contributed by atoms with Gasteiger partial charge in [0.15, 0.2) is 0 Å². The molecule has 0 aliphatic heterocycles. The van der Waals surface area contributed by atoms with E-state index < -0.39 is 28.5 Å². The zero-order valence-electron chi connectivity index (χ0n) is 22.9. The molecule has 0 saturated heterocycles. The second-order valence-corrected chi connectivity index (χ2v) is 11.4. The monoisotopic (exact) mass is 551 g/mol. The standard InChI is InChI=1S/C30H37N3O5S/c1-5-23(2)31-30(35)27(20-24-14-8-6-9-15-24)32(21-25-16-10-7-11-17-25)29(34)22-33(39(4,36)37)26-18-12-13-19-28(26)38-3/h6-19,23,27H,5,20-22H2,1-4H3,(H,31,35)/t23-,27-/m0/s1. The van der Waals surface area contributed by atoms with Crippen molar-refractivity contribution in [1.82, 2.24) is 10.2 Å². The quantitative estimate of drug-likeness (QED) is 0.346. The third-order valence-corrected chi connectivity index (χ3v) is 7.63. The lowest BCUT2D eigenvalue weighted by molar-refractivity contribution is -0.140. The van der Waals surface area contributed by atoms with Crippen molar-refractivity contribution in [2.75, 3.05) is 24.2 Å². The maximum absolute atomic E-state index is 14.1. The fraction of sp³-hybridized carbons (Fsp3) is 0.333. The molecule has 1 N–H and O–H groups in total. The summed E-state index contributed by atoms with van der Waals surface area (Å²) in [5.41, 5.74) is 1.96. The molecule has 0 heterocycles. The second kappa shape index (κ2) is 13.8. The molecule has 0 fully saturated rings. The Morgan fingerprint density at radius 2 is 1.46 bits per heavy atom. The van der Waals surface area contributed by atoms with Crippen molar-refractivity contribution in [3.63, 3.8) is 0 Å². The highest BCUT2D eigenvalue weighted by molar-refractivity contribution is 7.92. The molecular weight excluding hydrogens is 514 g/mol. The molecule has 3 rings (SSSR count). The molecule has 2 amide bonds. The van der Waals surface area contributed by atoms with Crippen LogP contribution in [0.3, 0.4) is 0 Å². The molecule has 0 saturated carbocycles. The minimum Gasteiger partial charge on any atom is -0.495 e. The molecule has 0 aliphatic rings. The smallest absolute Gasteiger partial charge is 0.244 e. The number of para-hydroxylation sites is 2. The lowest BCUT2D eigenvalue weighted by Crippen LogP contribution is -2.54. The number of carbonyl (C=O) groups excluding carboxylic acids is 2. The zero-order chi connectivity index (χ0) is 28.4. The third-order valence-electron chi connectivity index (χ3n) is 6.50. The average molecular weight is 552 g/mol. The van der Waals surface area contributed by atoms with Gasteiger partial charge < -0.3 is 15.0 Å². The van der Waals surface area contributed by atoms with Crippen molar-refractivity contribution in [2.24, 2.45) is 0 Å². The Morgan fingerprint density at radius 1 is 0.897 bits per heavy atom. The maximum Gasteiger partial charge on any atom is 0.244 e. The Morgan fingerprint density at radius 3 is 2.03 bits per heavy atom. The van der Waals surface area contributed by atoms with E-state index in [9.17, 15) is 18.0 Å². The third kappa shape index (κ3) is 8.32. The van der Waals surface area contributed by atoms with Crippen LogP contribution in [0.15, 0.2) is 84.9 Å². The van der Waals surface area contributed by atoms with Crippen molar-refractivity contribution in [2.45, 2.75) is 45.3 Å². The minimum atomic E-state index is -3.87. The van der Waals surface area contributed by atoms with Crippen LogP contribution in [-0.4, -0.2) is 57.1 Å². The lowest BCUT2D eigenvalue weighted by atomic mass is 10.0. The number of amides is 2. The minimum absolute atomic E-state index is 0.0921. The van der Waals surface area contributed by atoms with Crippen molar-refractivity contribution in [1.29, 1.82) is 0 Å². The summed E-state index contributed by atoms with van der Waals surface area (Å²) in [7, 11) is -2.43. The molecule has 2 atom stereocenters. The van der Waals surface area contributed by atoms with E-state index in [1.807, 2.05) is 74.5 Å². The lowest BCUT2D eigenvalue weighted by Gasteiger charge is -2.34. The van der Waals surface area contributed by atoms with Gasteiger partial charge in [-0.05, 0) is 36.6 Å². The van der Waals surface area contributed by atoms with Gasteiger partial charge in [-0.25, -0.2) is 8.42 Å². The normalized spacial score (nSPS) is 12.7. The SMILES string of the molecule is CC[C@H](C)NC(=O)[C@H](Cc1ccccc1)N(Cc1ccccc1)C(=O)CN(c1ccccc1OC)S(C)(=O)=O. The van der Waals surface area contributed by atoms with Gasteiger partial charge in [0.25, 0.3) is 0 Å². The number of hydrogen-bond donors (Lipinski definition) is 1. The first-order valence-electron chi connectivity index (χ1n) is 12.9. The molecule has 0 spiro atoms. The van der Waals surface area contributed by atoms with Crippen LogP contribution >= 0.6 is 0 Å². The fourth-order valence-electron chi connectivity index (χ4n) is 4.21. The van der Waals surface area contributed by atoms with Gasteiger partial charge in [-0.15, -0.1) is 0 Å². The number of anilines is 1. The molecule has 0 aliphatic carbocycles. The Bertz CT molecular complexity index is 1330. The van der Waals surface area contributed by atoms with E-state index in [0.717, 1.165) is 28.1 Å². The summed E-state index contributed by atoms with van der Waals surface area (Å²) in [5.74, 6) is -0.475. The van der Waals surface area contributed by atoms with Gasteiger partial charge in [-0.1, -0.05) is 79.7 Å². The van der Waals surface area contributed by atoms with Crippen LogP contribution in [0.1, 0.15) is 31.4 Å². The molecule has 3 aromatic carbocycles. The zero-order valence-corrected chi connectivity index (χ0v) is 23.7. The van der Waals surface area contributed by atoms with Crippen LogP contribution in [-0.2, 0) is 32.6 Å². The summed E-state index contributed by atoms with van der Waals surface area (Å²) in [6.45, 7) is 3.53. The number of methoxy groups -OCH3 is 1. The number of nitrogens with one attached hydrogen (secondary N) is 1. The van der Waals surface area contributed by atoms with Crippen LogP contribution in [0, 0.1) is 0 Å². The Kier molecular flexibility index (Phi) is 10.5. The van der Waals surface area contributed by atoms with Crippen molar-refractivity contribution >= 4 is 27.5 Å². The van der Waals surface area contributed by atoms with Gasteiger partial charge in [0.1, 0.15) is 18.3 Å². The molecule has 0 radical (unpaired) electrons. The molecule has 208 valence electrons. The van der Waals surface area contributed by atoms with Gasteiger partial charge in [-0.2, -0.15) is 0 Å². The van der Waals surface area contributed by atoms with E-state index in [1.165, 1.54) is 12.0 Å². The van der Waals surface area contributed by atoms with Crippen LogP contribution in [0.2, 0.25) is 0 Å². The van der Waals surface area contributed by atoms with E-state index in [2.05, 4.69) is 5.32 Å². The van der Waals surface area contributed by atoms with Crippen LogP contribution in [0.25, 0.3) is 0 Å². The van der Waals surface area contributed by atoms with E-state index in [4.69, 9.17) is 4.74 Å². The molecule has 3 aromatic rings. The predicted molar refractivity (Wildman–Crippen MR) is 154 cm³/mol. The van der Waals surface area contributed by atoms with Crippen LogP contribution in [0.4, 0.5) is 5.69 Å². The number of benzene rings is 3. The first-order chi connectivity index (χ1) is 18.6. The number of ether oxygens (including phenoxy) is 1. The summed E-state index contributed by atoms with van der Waals surface area (Å²) in [4.78, 5) is 29.2. The summed E-state index contributed by atoms with van der Waals surface area (Å²) >= 11 is 0. The largest absolute Gasteiger partial charge is 0.495 e. The van der Waals surface area contributed by atoms with E-state index in [-0.39, 0.29) is 30.6 Å². The van der Waals surface area contributed by atoms with Crippen LogP contribution in [0.5, 0.6) is 5.75 Å². The highest BCUT2D eigenvalue weighted by Gasteiger charge is 2.34. The molecule has 9 heteroatoms. The summed E-state index contributed by atoms with van der Waals surface area (Å²) in [5, 5.41) is 3.02. The van der Waals surface area contributed by atoms with E-state index >= 15 is 0 Å². The number of sulfonamides is 1. The van der Waals surface area contributed by atoms with Gasteiger partial charge in [-0.3, -0.25) is 13.9 Å². The summed E-state index contributed by atoms with van der Waals surface area (Å²) in [6.07, 6.45) is 2.05. The molecule has 39 heavy (non-hydrogen) atoms. The van der Waals surface area contributed by atoms with Gasteiger partial charge in [0, 0.05) is 19.0 Å². The fourth-order valence-corrected chi connectivity index (χ4v) is 5.06. The van der Waals surface area contributed by atoms with Crippen LogP contribution < -0.4 is 14.4 Å². The van der Waals surface area contributed by atoms with E-state index in [1.54, 1.807) is 24.3 Å². The highest BCUT2D eigenvalue weighted by atomic mass is 32.2. The van der Waals surface area contributed by atoms with Crippen molar-refractivity contribution in [3.8, 4) is 5.75 Å². The molecule has 0 aromatic heterocycles. The number of hydrogen-bond acceptors (Lipinski definition) is 5. The predicted octanol–water partition coefficient (Wildman–Crippen LogP) is 4.02. The molecule has 8 nitrogen and oxygen atoms in total. The number of rotatable bonds is 13. The van der Waals surface area contributed by atoms with Gasteiger partial charge >= 0.3 is 0 Å². The topological polar surface area (TPSA) is 96.0 Å². The average Bonchev–Trinajstić information content (AvgIpc) is 2.93. The first kappa shape index (κ1) is 29.7. The summed E-state index contributed by atoms with van der Waals surface area (Å²) in [6, 6.07) is 24.5. The summed E-state index contributed by atoms with van der Waals surface area (Å²) < 4.78 is 32.2. The molecule has 0 unspecified atom stereocenters. The van der Waals surface area contributed by atoms with E-state index in [0.29, 0.717) is 5.75 Å². The number of carbonyl (C=O) groups is 2. The first-order valence-corrected chi connectivity index (χ1v) is 14.8. The Balaban J connectivity index is 2.06. The van der Waals surface area contributed by atoms with Crippen molar-refractivity contribution < 1.29 is 22.7 Å². The van der Waals surface area contributed by atoms with Gasteiger partial charge in [0.05, 0.1) is 19.1 Å². The highest BCUT2D eigenvalue weighted by Crippen LogP contribution is 2.30. The second-order valence-electron chi connectivity index (χ2n) is 9.47. The number of nitrogens with zero attached hydrogens (tertiary/aromatic N) is 2. The Labute approximate surface area is 231 Å². The Hall–Kier alpha value is -3.85. The molecular formula is C30H37N3O5S.